The molecule has 0 saturated carbocycles. The van der Waals surface area contributed by atoms with E-state index in [1.165, 1.54) is 0 Å². The third-order valence-corrected chi connectivity index (χ3v) is 3.76. The molecule has 5 heteroatoms. The number of hydrogen-bond donors (Lipinski definition) is 1. The van der Waals surface area contributed by atoms with Crippen LogP contribution in [0.5, 0.6) is 5.75 Å². The highest BCUT2D eigenvalue weighted by Crippen LogP contribution is 2.27. The van der Waals surface area contributed by atoms with E-state index in [0.717, 1.165) is 11.3 Å². The van der Waals surface area contributed by atoms with E-state index in [1.807, 2.05) is 18.2 Å². The Bertz CT molecular complexity index is 680. The summed E-state index contributed by atoms with van der Waals surface area (Å²) in [6.07, 6.45) is 5.14. The van der Waals surface area contributed by atoms with Crippen molar-refractivity contribution < 1.29 is 4.74 Å². The lowest BCUT2D eigenvalue weighted by atomic mass is 10.2. The third-order valence-electron chi connectivity index (χ3n) is 2.72. The maximum Gasteiger partial charge on any atom is 0.148 e. The minimum absolute atomic E-state index is 0.195. The van der Waals surface area contributed by atoms with Crippen LogP contribution < -0.4 is 10.1 Å². The molecule has 0 atom stereocenters. The standard InChI is InChI=1S/C16H12Cl3NO/c1-2-7-21-16-6-3-11(8-15(16)19)10-20-12-4-5-13(17)14(18)9-12/h1,3-6,8-9,20H,7,10H2. The molecule has 108 valence electrons. The van der Waals surface area contributed by atoms with Crippen molar-refractivity contribution in [1.82, 2.24) is 0 Å². The average molecular weight is 341 g/mol. The SMILES string of the molecule is C#CCOc1ccc(CNc2ccc(Cl)c(Cl)c2)cc1Cl. The Hall–Kier alpha value is -1.53. The first kappa shape index (κ1) is 15.9. The van der Waals surface area contributed by atoms with Crippen LogP contribution in [0, 0.1) is 12.3 Å². The summed E-state index contributed by atoms with van der Waals surface area (Å²) in [6.45, 7) is 0.799. The number of nitrogens with one attached hydrogen (secondary N) is 1. The van der Waals surface area contributed by atoms with Gasteiger partial charge in [-0.3, -0.25) is 0 Å². The van der Waals surface area contributed by atoms with Gasteiger partial charge in [-0.1, -0.05) is 46.8 Å². The van der Waals surface area contributed by atoms with Crippen molar-refractivity contribution in [1.29, 1.82) is 0 Å². The van der Waals surface area contributed by atoms with Crippen LogP contribution in [0.4, 0.5) is 5.69 Å². The molecule has 2 nitrogen and oxygen atoms in total. The molecule has 21 heavy (non-hydrogen) atoms. The van der Waals surface area contributed by atoms with E-state index < -0.39 is 0 Å². The first-order valence-electron chi connectivity index (χ1n) is 6.14. The van der Waals surface area contributed by atoms with Crippen LogP contribution in [-0.2, 0) is 6.54 Å². The van der Waals surface area contributed by atoms with E-state index in [1.54, 1.807) is 18.2 Å². The Morgan fingerprint density at radius 1 is 1.00 bits per heavy atom. The van der Waals surface area contributed by atoms with Crippen molar-refractivity contribution in [2.75, 3.05) is 11.9 Å². The fraction of sp³-hybridized carbons (Fsp3) is 0.125. The third kappa shape index (κ3) is 4.47. The highest BCUT2D eigenvalue weighted by atomic mass is 35.5. The largest absolute Gasteiger partial charge is 0.479 e. The first-order chi connectivity index (χ1) is 10.1. The van der Waals surface area contributed by atoms with Gasteiger partial charge in [0.2, 0.25) is 0 Å². The molecule has 0 aliphatic carbocycles. The summed E-state index contributed by atoms with van der Waals surface area (Å²) in [4.78, 5) is 0. The molecule has 0 spiro atoms. The summed E-state index contributed by atoms with van der Waals surface area (Å²) in [5.41, 5.74) is 1.90. The predicted octanol–water partition coefficient (Wildman–Crippen LogP) is 5.27. The molecule has 0 fully saturated rings. The predicted molar refractivity (Wildman–Crippen MR) is 89.6 cm³/mol. The lowest BCUT2D eigenvalue weighted by Crippen LogP contribution is -2.00. The van der Waals surface area contributed by atoms with Crippen molar-refractivity contribution in [2.24, 2.45) is 0 Å². The smallest absolute Gasteiger partial charge is 0.148 e. The summed E-state index contributed by atoms with van der Waals surface area (Å²) in [7, 11) is 0. The number of terminal acetylenes is 1. The molecule has 0 amide bonds. The van der Waals surface area contributed by atoms with Crippen molar-refractivity contribution >= 4 is 40.5 Å². The van der Waals surface area contributed by atoms with Crippen LogP contribution in [0.2, 0.25) is 15.1 Å². The van der Waals surface area contributed by atoms with Gasteiger partial charge in [-0.05, 0) is 35.9 Å². The molecule has 1 N–H and O–H groups in total. The Morgan fingerprint density at radius 2 is 1.81 bits per heavy atom. The number of benzene rings is 2. The molecule has 0 aromatic heterocycles. The van der Waals surface area contributed by atoms with Gasteiger partial charge in [0.1, 0.15) is 12.4 Å². The Kier molecular flexibility index (Phi) is 5.64. The normalized spacial score (nSPS) is 10.0. The maximum absolute atomic E-state index is 6.13. The van der Waals surface area contributed by atoms with Crippen molar-refractivity contribution in [2.45, 2.75) is 6.54 Å². The number of anilines is 1. The van der Waals surface area contributed by atoms with Gasteiger partial charge >= 0.3 is 0 Å². The Balaban J connectivity index is 2.01. The molecule has 0 saturated heterocycles. The Labute approximate surface area is 139 Å². The zero-order valence-corrected chi connectivity index (χ0v) is 13.3. The fourth-order valence-corrected chi connectivity index (χ4v) is 2.26. The van der Waals surface area contributed by atoms with Gasteiger partial charge in [0.25, 0.3) is 0 Å². The molecular formula is C16H12Cl3NO. The fourth-order valence-electron chi connectivity index (χ4n) is 1.70. The number of ether oxygens (including phenoxy) is 1. The van der Waals surface area contributed by atoms with Crippen LogP contribution in [-0.4, -0.2) is 6.61 Å². The van der Waals surface area contributed by atoms with E-state index in [9.17, 15) is 0 Å². The van der Waals surface area contributed by atoms with Gasteiger partial charge in [-0.15, -0.1) is 6.42 Å². The van der Waals surface area contributed by atoms with Gasteiger partial charge in [0, 0.05) is 12.2 Å². The lowest BCUT2D eigenvalue weighted by molar-refractivity contribution is 0.370. The summed E-state index contributed by atoms with van der Waals surface area (Å²) in [5, 5.41) is 4.81. The second kappa shape index (κ2) is 7.47. The lowest BCUT2D eigenvalue weighted by Gasteiger charge is -2.10. The van der Waals surface area contributed by atoms with E-state index in [-0.39, 0.29) is 6.61 Å². The monoisotopic (exact) mass is 339 g/mol. The van der Waals surface area contributed by atoms with E-state index in [4.69, 9.17) is 46.0 Å². The molecule has 0 bridgehead atoms. The highest BCUT2D eigenvalue weighted by molar-refractivity contribution is 6.42. The zero-order chi connectivity index (χ0) is 15.2. The van der Waals surface area contributed by atoms with Crippen LogP contribution in [0.3, 0.4) is 0 Å². The highest BCUT2D eigenvalue weighted by Gasteiger charge is 2.04. The maximum atomic E-state index is 6.13. The first-order valence-corrected chi connectivity index (χ1v) is 7.27. The molecule has 2 aromatic carbocycles. The molecule has 0 radical (unpaired) electrons. The Morgan fingerprint density at radius 3 is 2.48 bits per heavy atom. The number of halogens is 3. The summed E-state index contributed by atoms with van der Waals surface area (Å²) in [6, 6.07) is 10.9. The van der Waals surface area contributed by atoms with Crippen LogP contribution >= 0.6 is 34.8 Å². The summed E-state index contributed by atoms with van der Waals surface area (Å²) < 4.78 is 5.31. The van der Waals surface area contributed by atoms with Crippen molar-refractivity contribution in [3.8, 4) is 18.1 Å². The van der Waals surface area contributed by atoms with E-state index in [2.05, 4.69) is 11.2 Å². The minimum atomic E-state index is 0.195. The molecule has 0 aliphatic rings. The van der Waals surface area contributed by atoms with E-state index >= 15 is 0 Å². The van der Waals surface area contributed by atoms with Gasteiger partial charge in [0.15, 0.2) is 0 Å². The number of rotatable bonds is 5. The van der Waals surface area contributed by atoms with Crippen molar-refractivity contribution in [3.05, 3.63) is 57.0 Å². The van der Waals surface area contributed by atoms with Crippen LogP contribution in [0.1, 0.15) is 5.56 Å². The van der Waals surface area contributed by atoms with Gasteiger partial charge < -0.3 is 10.1 Å². The van der Waals surface area contributed by atoms with Gasteiger partial charge in [-0.25, -0.2) is 0 Å². The summed E-state index contributed by atoms with van der Waals surface area (Å²) in [5.74, 6) is 2.97. The van der Waals surface area contributed by atoms with Gasteiger partial charge in [0.05, 0.1) is 15.1 Å². The topological polar surface area (TPSA) is 21.3 Å². The quantitative estimate of drug-likeness (QED) is 0.749. The van der Waals surface area contributed by atoms with Crippen LogP contribution in [0.15, 0.2) is 36.4 Å². The second-order valence-corrected chi connectivity index (χ2v) is 5.46. The van der Waals surface area contributed by atoms with E-state index in [0.29, 0.717) is 27.4 Å². The van der Waals surface area contributed by atoms with Crippen LogP contribution in [0.25, 0.3) is 0 Å². The molecule has 0 unspecified atom stereocenters. The summed E-state index contributed by atoms with van der Waals surface area (Å²) >= 11 is 18.0. The number of hydrogen-bond acceptors (Lipinski definition) is 2. The molecule has 2 aromatic rings. The molecular weight excluding hydrogens is 329 g/mol. The molecule has 2 rings (SSSR count). The molecule has 0 aliphatic heterocycles. The molecule has 0 heterocycles. The second-order valence-electron chi connectivity index (χ2n) is 4.24. The zero-order valence-electron chi connectivity index (χ0n) is 11.0. The average Bonchev–Trinajstić information content (AvgIpc) is 2.47. The minimum Gasteiger partial charge on any atom is -0.479 e. The van der Waals surface area contributed by atoms with Crippen molar-refractivity contribution in [3.63, 3.8) is 0 Å². The van der Waals surface area contributed by atoms with Gasteiger partial charge in [-0.2, -0.15) is 0 Å².